The number of hydrogen-bond acceptors (Lipinski definition) is 5. The Morgan fingerprint density at radius 1 is 1.21 bits per heavy atom. The maximum Gasteiger partial charge on any atom is 0.345 e. The highest BCUT2D eigenvalue weighted by Crippen LogP contribution is 2.26. The third-order valence-electron chi connectivity index (χ3n) is 3.39. The van der Waals surface area contributed by atoms with E-state index in [0.29, 0.717) is 5.92 Å². The molecule has 1 fully saturated rings. The van der Waals surface area contributed by atoms with Crippen molar-refractivity contribution in [3.8, 4) is 0 Å². The van der Waals surface area contributed by atoms with E-state index < -0.39 is 0 Å². The summed E-state index contributed by atoms with van der Waals surface area (Å²) in [6.45, 7) is 1.78. The molecule has 0 radical (unpaired) electrons. The van der Waals surface area contributed by atoms with Crippen molar-refractivity contribution in [2.24, 2.45) is 0 Å². The molecule has 0 aromatic carbocycles. The van der Waals surface area contributed by atoms with E-state index in [1.54, 1.807) is 18.6 Å². The number of hydrogen-bond donors (Lipinski definition) is 1. The van der Waals surface area contributed by atoms with Crippen molar-refractivity contribution < 1.29 is 0 Å². The fourth-order valence-corrected chi connectivity index (χ4v) is 2.49. The van der Waals surface area contributed by atoms with E-state index >= 15 is 0 Å². The van der Waals surface area contributed by atoms with Gasteiger partial charge in [-0.2, -0.15) is 0 Å². The smallest absolute Gasteiger partial charge is 0.340 e. The number of nitrogens with zero attached hydrogens (tertiary/aromatic N) is 4. The normalized spacial score (nSPS) is 19.4. The Balaban J connectivity index is 1.80. The summed E-state index contributed by atoms with van der Waals surface area (Å²) in [7, 11) is 0. The minimum atomic E-state index is -0.286. The fourth-order valence-electron chi connectivity index (χ4n) is 2.49. The molecule has 1 atom stereocenters. The van der Waals surface area contributed by atoms with Crippen molar-refractivity contribution in [3.05, 3.63) is 46.9 Å². The van der Waals surface area contributed by atoms with Crippen LogP contribution in [0.2, 0.25) is 0 Å². The first-order valence-corrected chi connectivity index (χ1v) is 6.40. The van der Waals surface area contributed by atoms with Crippen molar-refractivity contribution in [2.75, 3.05) is 18.0 Å². The maximum atomic E-state index is 11.3. The van der Waals surface area contributed by atoms with Gasteiger partial charge in [0, 0.05) is 43.3 Å². The van der Waals surface area contributed by atoms with Crippen molar-refractivity contribution >= 4 is 5.95 Å². The summed E-state index contributed by atoms with van der Waals surface area (Å²) in [4.78, 5) is 28.5. The maximum absolute atomic E-state index is 11.3. The van der Waals surface area contributed by atoms with Crippen LogP contribution < -0.4 is 10.6 Å². The molecule has 0 aliphatic carbocycles. The lowest BCUT2D eigenvalue weighted by molar-refractivity contribution is 0.493. The standard InChI is InChI=1S/C13H15N5O/c19-13-16-7-4-11(17-13)10-3-1-8-18(9-10)12-14-5-2-6-15-12/h2,4-7,10H,1,3,8-9H2,(H,16,17,19). The minimum absolute atomic E-state index is 0.286. The number of piperidine rings is 1. The van der Waals surface area contributed by atoms with Gasteiger partial charge < -0.3 is 9.88 Å². The summed E-state index contributed by atoms with van der Waals surface area (Å²) in [5.74, 6) is 1.05. The largest absolute Gasteiger partial charge is 0.345 e. The molecule has 0 bridgehead atoms. The predicted octanol–water partition coefficient (Wildman–Crippen LogP) is 0.944. The van der Waals surface area contributed by atoms with Gasteiger partial charge in [-0.25, -0.2) is 19.7 Å². The topological polar surface area (TPSA) is 74.8 Å². The Morgan fingerprint density at radius 2 is 2.05 bits per heavy atom. The lowest BCUT2D eigenvalue weighted by Gasteiger charge is -2.32. The van der Waals surface area contributed by atoms with Crippen LogP contribution in [0.4, 0.5) is 5.95 Å². The Bertz CT molecular complexity index is 597. The van der Waals surface area contributed by atoms with Gasteiger partial charge in [-0.3, -0.25) is 0 Å². The highest BCUT2D eigenvalue weighted by Gasteiger charge is 2.23. The summed E-state index contributed by atoms with van der Waals surface area (Å²) in [5, 5.41) is 0. The number of rotatable bonds is 2. The van der Waals surface area contributed by atoms with Crippen molar-refractivity contribution in [2.45, 2.75) is 18.8 Å². The first kappa shape index (κ1) is 11.8. The van der Waals surface area contributed by atoms with E-state index in [-0.39, 0.29) is 5.69 Å². The second-order valence-corrected chi connectivity index (χ2v) is 4.66. The quantitative estimate of drug-likeness (QED) is 0.866. The molecule has 1 aliphatic rings. The third kappa shape index (κ3) is 2.62. The molecule has 1 unspecified atom stereocenters. The second-order valence-electron chi connectivity index (χ2n) is 4.66. The van der Waals surface area contributed by atoms with E-state index in [9.17, 15) is 4.79 Å². The Labute approximate surface area is 110 Å². The van der Waals surface area contributed by atoms with Crippen molar-refractivity contribution in [3.63, 3.8) is 0 Å². The SMILES string of the molecule is O=c1nccc(C2CCCN(c3ncccn3)C2)[nH]1. The molecule has 3 heterocycles. The van der Waals surface area contributed by atoms with Crippen LogP contribution >= 0.6 is 0 Å². The van der Waals surface area contributed by atoms with Crippen LogP contribution in [0.5, 0.6) is 0 Å². The van der Waals surface area contributed by atoms with Crippen LogP contribution in [0, 0.1) is 0 Å². The zero-order valence-corrected chi connectivity index (χ0v) is 10.5. The molecule has 3 rings (SSSR count). The molecule has 0 amide bonds. The van der Waals surface area contributed by atoms with Crippen LogP contribution in [-0.4, -0.2) is 33.0 Å². The summed E-state index contributed by atoms with van der Waals surface area (Å²) in [5.41, 5.74) is 0.659. The van der Waals surface area contributed by atoms with Gasteiger partial charge in [0.15, 0.2) is 0 Å². The van der Waals surface area contributed by atoms with Gasteiger partial charge >= 0.3 is 5.69 Å². The molecule has 98 valence electrons. The molecular weight excluding hydrogens is 242 g/mol. The lowest BCUT2D eigenvalue weighted by Crippen LogP contribution is -2.36. The molecule has 6 heteroatoms. The van der Waals surface area contributed by atoms with Gasteiger partial charge in [0.25, 0.3) is 0 Å². The summed E-state index contributed by atoms with van der Waals surface area (Å²) in [6, 6.07) is 3.69. The Morgan fingerprint density at radius 3 is 2.84 bits per heavy atom. The van der Waals surface area contributed by atoms with Crippen LogP contribution in [-0.2, 0) is 0 Å². The molecule has 19 heavy (non-hydrogen) atoms. The van der Waals surface area contributed by atoms with Crippen LogP contribution in [0.3, 0.4) is 0 Å². The molecule has 1 saturated heterocycles. The zero-order chi connectivity index (χ0) is 13.1. The number of nitrogens with one attached hydrogen (secondary N) is 1. The molecule has 0 saturated carbocycles. The molecule has 0 spiro atoms. The summed E-state index contributed by atoms with van der Waals surface area (Å²) in [6.07, 6.45) is 7.18. The highest BCUT2D eigenvalue weighted by atomic mass is 16.1. The first-order chi connectivity index (χ1) is 9.33. The zero-order valence-electron chi connectivity index (χ0n) is 10.5. The van der Waals surface area contributed by atoms with E-state index in [1.165, 1.54) is 0 Å². The Hall–Kier alpha value is -2.24. The van der Waals surface area contributed by atoms with E-state index in [2.05, 4.69) is 24.8 Å². The summed E-state index contributed by atoms with van der Waals surface area (Å²) < 4.78 is 0. The van der Waals surface area contributed by atoms with Crippen molar-refractivity contribution in [1.82, 2.24) is 19.9 Å². The fraction of sp³-hybridized carbons (Fsp3) is 0.385. The van der Waals surface area contributed by atoms with E-state index in [0.717, 1.165) is 37.6 Å². The molecule has 6 nitrogen and oxygen atoms in total. The van der Waals surface area contributed by atoms with Crippen LogP contribution in [0.1, 0.15) is 24.5 Å². The lowest BCUT2D eigenvalue weighted by atomic mass is 9.95. The number of aromatic amines is 1. The number of anilines is 1. The third-order valence-corrected chi connectivity index (χ3v) is 3.39. The predicted molar refractivity (Wildman–Crippen MR) is 71.1 cm³/mol. The molecule has 2 aromatic heterocycles. The second kappa shape index (κ2) is 5.17. The van der Waals surface area contributed by atoms with Gasteiger partial charge in [-0.1, -0.05) is 0 Å². The van der Waals surface area contributed by atoms with Gasteiger partial charge in [-0.05, 0) is 25.0 Å². The van der Waals surface area contributed by atoms with Gasteiger partial charge in [0.1, 0.15) is 0 Å². The van der Waals surface area contributed by atoms with Gasteiger partial charge in [0.05, 0.1) is 0 Å². The average molecular weight is 257 g/mol. The Kier molecular flexibility index (Phi) is 3.22. The monoisotopic (exact) mass is 257 g/mol. The van der Waals surface area contributed by atoms with Crippen LogP contribution in [0.15, 0.2) is 35.5 Å². The summed E-state index contributed by atoms with van der Waals surface area (Å²) >= 11 is 0. The van der Waals surface area contributed by atoms with E-state index in [1.807, 2.05) is 12.1 Å². The van der Waals surface area contributed by atoms with E-state index in [4.69, 9.17) is 0 Å². The van der Waals surface area contributed by atoms with Crippen LogP contribution in [0.25, 0.3) is 0 Å². The van der Waals surface area contributed by atoms with Gasteiger partial charge in [-0.15, -0.1) is 0 Å². The number of aromatic nitrogens is 4. The van der Waals surface area contributed by atoms with Crippen molar-refractivity contribution in [1.29, 1.82) is 0 Å². The first-order valence-electron chi connectivity index (χ1n) is 6.40. The molecule has 2 aromatic rings. The molecule has 1 aliphatic heterocycles. The van der Waals surface area contributed by atoms with Gasteiger partial charge in [0.2, 0.25) is 5.95 Å². The molecule has 1 N–H and O–H groups in total. The highest BCUT2D eigenvalue weighted by molar-refractivity contribution is 5.31. The molecular formula is C13H15N5O. The average Bonchev–Trinajstić information content (AvgIpc) is 2.48. The minimum Gasteiger partial charge on any atom is -0.340 e. The number of H-pyrrole nitrogens is 1.